The Bertz CT molecular complexity index is 749. The first-order valence-electron chi connectivity index (χ1n) is 9.67. The Morgan fingerprint density at radius 1 is 1.19 bits per heavy atom. The number of amides is 1. The molecule has 7 nitrogen and oxygen atoms in total. The van der Waals surface area contributed by atoms with E-state index >= 15 is 0 Å². The van der Waals surface area contributed by atoms with E-state index in [1.54, 1.807) is 0 Å². The van der Waals surface area contributed by atoms with Crippen molar-refractivity contribution in [3.8, 4) is 0 Å². The van der Waals surface area contributed by atoms with Crippen LogP contribution >= 0.6 is 0 Å². The second kappa shape index (κ2) is 8.68. The Morgan fingerprint density at radius 2 is 1.89 bits per heavy atom. The highest BCUT2D eigenvalue weighted by molar-refractivity contribution is 7.90. The molecule has 0 radical (unpaired) electrons. The highest BCUT2D eigenvalue weighted by Crippen LogP contribution is 2.27. The van der Waals surface area contributed by atoms with E-state index in [1.807, 2.05) is 26.0 Å². The number of benzene rings is 1. The van der Waals surface area contributed by atoms with Crippen molar-refractivity contribution < 1.29 is 13.2 Å². The molecule has 1 atom stereocenters. The van der Waals surface area contributed by atoms with Crippen molar-refractivity contribution >= 4 is 15.9 Å². The molecule has 0 bridgehead atoms. The molecule has 27 heavy (non-hydrogen) atoms. The van der Waals surface area contributed by atoms with Gasteiger partial charge >= 0.3 is 0 Å². The Kier molecular flexibility index (Phi) is 6.52. The van der Waals surface area contributed by atoms with Gasteiger partial charge in [0.25, 0.3) is 5.91 Å². The predicted octanol–water partition coefficient (Wildman–Crippen LogP) is 0.942. The largest absolute Gasteiger partial charge is 0.352 e. The van der Waals surface area contributed by atoms with E-state index in [-0.39, 0.29) is 11.2 Å². The lowest BCUT2D eigenvalue weighted by Crippen LogP contribution is -2.51. The van der Waals surface area contributed by atoms with Crippen LogP contribution in [0, 0.1) is 19.8 Å². The lowest BCUT2D eigenvalue weighted by molar-refractivity contribution is 0.0915. The van der Waals surface area contributed by atoms with Crippen LogP contribution < -0.4 is 15.5 Å². The summed E-state index contributed by atoms with van der Waals surface area (Å²) in [5, 5.41) is 4.92. The van der Waals surface area contributed by atoms with Crippen LogP contribution in [0.4, 0.5) is 0 Å². The first kappa shape index (κ1) is 20.3. The number of hydrogen-bond acceptors (Lipinski definition) is 5. The summed E-state index contributed by atoms with van der Waals surface area (Å²) in [7, 11) is -3.10. The van der Waals surface area contributed by atoms with Crippen LogP contribution in [0.15, 0.2) is 18.2 Å². The fourth-order valence-electron chi connectivity index (χ4n) is 3.41. The molecule has 0 spiro atoms. The third kappa shape index (κ3) is 6.00. The minimum Gasteiger partial charge on any atom is -0.352 e. The molecule has 1 unspecified atom stereocenters. The smallest absolute Gasteiger partial charge is 0.251 e. The van der Waals surface area contributed by atoms with Gasteiger partial charge in [-0.05, 0) is 51.2 Å². The first-order chi connectivity index (χ1) is 12.8. The molecule has 0 aromatic heterocycles. The molecular weight excluding hydrogens is 364 g/mol. The van der Waals surface area contributed by atoms with Crippen molar-refractivity contribution in [1.29, 1.82) is 0 Å². The fraction of sp³-hybridized carbons (Fsp3) is 0.632. The van der Waals surface area contributed by atoms with Crippen molar-refractivity contribution in [1.82, 2.24) is 20.5 Å². The van der Waals surface area contributed by atoms with Crippen LogP contribution in [-0.2, 0) is 10.0 Å². The number of aryl methyl sites for hydroxylation is 2. The SMILES string of the molecule is Cc1cc(C)cc(C(=O)NCC2CCN(CCNS(=O)(=O)C3CC3)NC2)c1. The highest BCUT2D eigenvalue weighted by Gasteiger charge is 2.35. The molecule has 1 aliphatic heterocycles. The van der Waals surface area contributed by atoms with Crippen molar-refractivity contribution in [3.63, 3.8) is 0 Å². The standard InChI is InChI=1S/C19H30N4O3S/c1-14-9-15(2)11-17(10-14)19(24)20-12-16-5-7-23(21-13-16)8-6-22-27(25,26)18-3-4-18/h9-11,16,18,21-22H,3-8,12-13H2,1-2H3,(H,20,24). The Labute approximate surface area is 161 Å². The van der Waals surface area contributed by atoms with Gasteiger partial charge in [-0.1, -0.05) is 17.2 Å². The Morgan fingerprint density at radius 3 is 2.48 bits per heavy atom. The Balaban J connectivity index is 1.35. The zero-order valence-corrected chi connectivity index (χ0v) is 16.9. The summed E-state index contributed by atoms with van der Waals surface area (Å²) in [6.45, 7) is 7.33. The van der Waals surface area contributed by atoms with Crippen molar-refractivity contribution in [2.75, 3.05) is 32.7 Å². The number of carbonyl (C=O) groups excluding carboxylic acids is 1. The zero-order valence-electron chi connectivity index (χ0n) is 16.1. The number of hydrazine groups is 1. The quantitative estimate of drug-likeness (QED) is 0.611. The van der Waals surface area contributed by atoms with Crippen molar-refractivity contribution in [2.45, 2.75) is 38.4 Å². The van der Waals surface area contributed by atoms with Crippen molar-refractivity contribution in [2.24, 2.45) is 5.92 Å². The average molecular weight is 395 g/mol. The summed E-state index contributed by atoms with van der Waals surface area (Å²) in [4.78, 5) is 12.3. The van der Waals surface area contributed by atoms with E-state index in [1.165, 1.54) is 0 Å². The van der Waals surface area contributed by atoms with Crippen LogP contribution in [0.5, 0.6) is 0 Å². The number of carbonyl (C=O) groups is 1. The molecule has 8 heteroatoms. The van der Waals surface area contributed by atoms with Gasteiger partial charge in [0.15, 0.2) is 0 Å². The molecule has 1 heterocycles. The number of sulfonamides is 1. The summed E-state index contributed by atoms with van der Waals surface area (Å²) in [5.41, 5.74) is 6.22. The number of hydrogen-bond donors (Lipinski definition) is 3. The van der Waals surface area contributed by atoms with Gasteiger partial charge in [0, 0.05) is 38.3 Å². The monoisotopic (exact) mass is 394 g/mol. The minimum absolute atomic E-state index is 0.0290. The zero-order chi connectivity index (χ0) is 19.4. The van der Waals surface area contributed by atoms with E-state index in [9.17, 15) is 13.2 Å². The number of rotatable bonds is 8. The van der Waals surface area contributed by atoms with Gasteiger partial charge in [-0.15, -0.1) is 0 Å². The average Bonchev–Trinajstić information content (AvgIpc) is 3.45. The number of nitrogens with one attached hydrogen (secondary N) is 3. The lowest BCUT2D eigenvalue weighted by Gasteiger charge is -2.33. The Hall–Kier alpha value is -1.48. The molecule has 3 rings (SSSR count). The predicted molar refractivity (Wildman–Crippen MR) is 106 cm³/mol. The van der Waals surface area contributed by atoms with Gasteiger partial charge in [-0.3, -0.25) is 10.2 Å². The van der Waals surface area contributed by atoms with Gasteiger partial charge in [-0.2, -0.15) is 0 Å². The van der Waals surface area contributed by atoms with Gasteiger partial charge in [0.1, 0.15) is 0 Å². The van der Waals surface area contributed by atoms with Crippen molar-refractivity contribution in [3.05, 3.63) is 34.9 Å². The maximum atomic E-state index is 12.3. The minimum atomic E-state index is -3.10. The second-order valence-electron chi connectivity index (χ2n) is 7.73. The fourth-order valence-corrected chi connectivity index (χ4v) is 4.77. The summed E-state index contributed by atoms with van der Waals surface area (Å²) in [5.74, 6) is 0.345. The topological polar surface area (TPSA) is 90.5 Å². The van der Waals surface area contributed by atoms with E-state index in [2.05, 4.69) is 26.5 Å². The molecule has 1 saturated carbocycles. The van der Waals surface area contributed by atoms with E-state index in [4.69, 9.17) is 0 Å². The molecule has 2 fully saturated rings. The van der Waals surface area contributed by atoms with E-state index in [0.29, 0.717) is 31.1 Å². The molecule has 1 aromatic rings. The lowest BCUT2D eigenvalue weighted by atomic mass is 10.0. The van der Waals surface area contributed by atoms with Crippen LogP contribution in [0.25, 0.3) is 0 Å². The van der Waals surface area contributed by atoms with Crippen LogP contribution in [0.3, 0.4) is 0 Å². The molecule has 1 saturated heterocycles. The van der Waals surface area contributed by atoms with Crippen LogP contribution in [0.1, 0.15) is 40.7 Å². The van der Waals surface area contributed by atoms with Gasteiger partial charge in [-0.25, -0.2) is 18.1 Å². The maximum Gasteiger partial charge on any atom is 0.251 e. The van der Waals surface area contributed by atoms with Gasteiger partial charge < -0.3 is 5.32 Å². The first-order valence-corrected chi connectivity index (χ1v) is 11.2. The second-order valence-corrected chi connectivity index (χ2v) is 9.77. The molecule has 1 aliphatic carbocycles. The van der Waals surface area contributed by atoms with E-state index in [0.717, 1.165) is 43.5 Å². The molecule has 1 aromatic carbocycles. The van der Waals surface area contributed by atoms with E-state index < -0.39 is 10.0 Å². The summed E-state index contributed by atoms with van der Waals surface area (Å²) in [6, 6.07) is 5.87. The van der Waals surface area contributed by atoms with Gasteiger partial charge in [0.2, 0.25) is 10.0 Å². The molecular formula is C19H30N4O3S. The molecule has 2 aliphatic rings. The molecule has 1 amide bonds. The summed E-state index contributed by atoms with van der Waals surface area (Å²) >= 11 is 0. The molecule has 150 valence electrons. The summed E-state index contributed by atoms with van der Waals surface area (Å²) in [6.07, 6.45) is 2.54. The maximum absolute atomic E-state index is 12.3. The third-order valence-corrected chi connectivity index (χ3v) is 7.05. The normalized spacial score (nSPS) is 21.2. The highest BCUT2D eigenvalue weighted by atomic mass is 32.2. The van der Waals surface area contributed by atoms with Crippen LogP contribution in [0.2, 0.25) is 0 Å². The summed E-state index contributed by atoms with van der Waals surface area (Å²) < 4.78 is 26.3. The number of nitrogens with zero attached hydrogens (tertiary/aromatic N) is 1. The third-order valence-electron chi connectivity index (χ3n) is 5.09. The van der Waals surface area contributed by atoms with Gasteiger partial charge in [0.05, 0.1) is 5.25 Å². The van der Waals surface area contributed by atoms with Crippen LogP contribution in [-0.4, -0.2) is 57.3 Å². The molecule has 3 N–H and O–H groups in total.